The molecule has 5 nitrogen and oxygen atoms in total. The Morgan fingerprint density at radius 2 is 1.69 bits per heavy atom. The average Bonchev–Trinajstić information content (AvgIpc) is 3.21. The number of nitrogens with one attached hydrogen (secondary N) is 2. The lowest BCUT2D eigenvalue weighted by Gasteiger charge is -2.30. The van der Waals surface area contributed by atoms with Crippen molar-refractivity contribution < 1.29 is 0 Å². The monoisotopic (exact) mass is 409 g/mol. The van der Waals surface area contributed by atoms with Crippen molar-refractivity contribution >= 4 is 34.0 Å². The Hall–Kier alpha value is -2.18. The van der Waals surface area contributed by atoms with Gasteiger partial charge in [-0.15, -0.1) is 11.3 Å². The standard InChI is InChI=1S/C23H31N5S/c1-4-18-13-14-19(29-18)15-24-16-9-11-17(12-10-16)25-23-26-21-8-6-5-7-20(21)22(27-23)28(2)3/h5-8,13-14,16-17,24H,4,9-12,15H2,1-3H3,(H,25,26,27). The van der Waals surface area contributed by atoms with Gasteiger partial charge in [-0.05, 0) is 56.4 Å². The molecule has 1 saturated carbocycles. The van der Waals surface area contributed by atoms with Crippen molar-refractivity contribution in [3.63, 3.8) is 0 Å². The minimum Gasteiger partial charge on any atom is -0.362 e. The molecule has 0 bridgehead atoms. The molecule has 0 spiro atoms. The fourth-order valence-electron chi connectivity index (χ4n) is 4.04. The first-order chi connectivity index (χ1) is 14.1. The maximum absolute atomic E-state index is 4.79. The number of hydrogen-bond donors (Lipinski definition) is 2. The highest BCUT2D eigenvalue weighted by Crippen LogP contribution is 2.26. The van der Waals surface area contributed by atoms with Crippen LogP contribution < -0.4 is 15.5 Å². The summed E-state index contributed by atoms with van der Waals surface area (Å²) < 4.78 is 0. The van der Waals surface area contributed by atoms with Crippen LogP contribution in [0.2, 0.25) is 0 Å². The summed E-state index contributed by atoms with van der Waals surface area (Å²) in [6.45, 7) is 3.21. The largest absolute Gasteiger partial charge is 0.362 e. The summed E-state index contributed by atoms with van der Waals surface area (Å²) in [4.78, 5) is 14.5. The van der Waals surface area contributed by atoms with Gasteiger partial charge in [0.05, 0.1) is 5.52 Å². The molecular weight excluding hydrogens is 378 g/mol. The minimum absolute atomic E-state index is 0.442. The van der Waals surface area contributed by atoms with Gasteiger partial charge in [0, 0.05) is 47.9 Å². The van der Waals surface area contributed by atoms with E-state index in [2.05, 4.69) is 46.7 Å². The number of anilines is 2. The number of aromatic nitrogens is 2. The van der Waals surface area contributed by atoms with E-state index < -0.39 is 0 Å². The topological polar surface area (TPSA) is 53.1 Å². The molecule has 0 unspecified atom stereocenters. The fourth-order valence-corrected chi connectivity index (χ4v) is 4.95. The third-order valence-electron chi connectivity index (χ3n) is 5.70. The van der Waals surface area contributed by atoms with Crippen LogP contribution >= 0.6 is 11.3 Å². The number of thiophene rings is 1. The zero-order valence-electron chi connectivity index (χ0n) is 17.6. The second kappa shape index (κ2) is 9.09. The first kappa shape index (κ1) is 20.1. The molecule has 1 aliphatic carbocycles. The van der Waals surface area contributed by atoms with Gasteiger partial charge in [0.15, 0.2) is 0 Å². The van der Waals surface area contributed by atoms with Gasteiger partial charge in [-0.3, -0.25) is 0 Å². The van der Waals surface area contributed by atoms with Crippen molar-refractivity contribution in [2.45, 2.75) is 57.7 Å². The van der Waals surface area contributed by atoms with E-state index in [1.807, 2.05) is 37.6 Å². The van der Waals surface area contributed by atoms with Crippen LogP contribution in [-0.4, -0.2) is 36.1 Å². The highest BCUT2D eigenvalue weighted by molar-refractivity contribution is 7.11. The number of para-hydroxylation sites is 1. The molecular formula is C23H31N5S. The highest BCUT2D eigenvalue weighted by Gasteiger charge is 2.22. The Balaban J connectivity index is 1.33. The zero-order valence-corrected chi connectivity index (χ0v) is 18.4. The molecule has 2 N–H and O–H groups in total. The van der Waals surface area contributed by atoms with Crippen molar-refractivity contribution in [1.29, 1.82) is 0 Å². The van der Waals surface area contributed by atoms with Crippen molar-refractivity contribution in [1.82, 2.24) is 15.3 Å². The number of hydrogen-bond acceptors (Lipinski definition) is 6. The van der Waals surface area contributed by atoms with Crippen LogP contribution in [0.25, 0.3) is 10.9 Å². The first-order valence-electron chi connectivity index (χ1n) is 10.6. The molecule has 1 aromatic carbocycles. The number of nitrogens with zero attached hydrogens (tertiary/aromatic N) is 3. The van der Waals surface area contributed by atoms with Crippen LogP contribution in [-0.2, 0) is 13.0 Å². The Labute approximate surface area is 177 Å². The van der Waals surface area contributed by atoms with E-state index in [-0.39, 0.29) is 0 Å². The predicted molar refractivity (Wildman–Crippen MR) is 124 cm³/mol. The lowest BCUT2D eigenvalue weighted by atomic mass is 9.91. The summed E-state index contributed by atoms with van der Waals surface area (Å²) in [7, 11) is 4.07. The Bertz CT molecular complexity index is 943. The lowest BCUT2D eigenvalue weighted by Crippen LogP contribution is -2.36. The SMILES string of the molecule is CCc1ccc(CNC2CCC(Nc3nc(N(C)C)c4ccccc4n3)CC2)s1. The third kappa shape index (κ3) is 4.87. The van der Waals surface area contributed by atoms with Gasteiger partial charge in [-0.25, -0.2) is 4.98 Å². The van der Waals surface area contributed by atoms with E-state index >= 15 is 0 Å². The van der Waals surface area contributed by atoms with Crippen molar-refractivity contribution in [2.24, 2.45) is 0 Å². The van der Waals surface area contributed by atoms with E-state index in [4.69, 9.17) is 9.97 Å². The van der Waals surface area contributed by atoms with Crippen molar-refractivity contribution in [2.75, 3.05) is 24.3 Å². The summed E-state index contributed by atoms with van der Waals surface area (Å²) in [6.07, 6.45) is 5.81. The molecule has 2 aromatic heterocycles. The highest BCUT2D eigenvalue weighted by atomic mass is 32.1. The molecule has 154 valence electrons. The summed E-state index contributed by atoms with van der Waals surface area (Å²) in [5.41, 5.74) is 0.992. The van der Waals surface area contributed by atoms with Gasteiger partial charge in [-0.1, -0.05) is 19.1 Å². The van der Waals surface area contributed by atoms with Crippen LogP contribution in [0.3, 0.4) is 0 Å². The molecule has 3 aromatic rings. The first-order valence-corrected chi connectivity index (χ1v) is 11.5. The summed E-state index contributed by atoms with van der Waals surface area (Å²) >= 11 is 1.93. The molecule has 1 aliphatic rings. The quantitative estimate of drug-likeness (QED) is 0.585. The third-order valence-corrected chi connectivity index (χ3v) is 6.93. The average molecular weight is 410 g/mol. The van der Waals surface area contributed by atoms with Crippen LogP contribution in [0.4, 0.5) is 11.8 Å². The lowest BCUT2D eigenvalue weighted by molar-refractivity contribution is 0.353. The Morgan fingerprint density at radius 1 is 0.966 bits per heavy atom. The van der Waals surface area contributed by atoms with E-state index in [0.717, 1.165) is 48.5 Å². The van der Waals surface area contributed by atoms with E-state index in [0.29, 0.717) is 12.1 Å². The fraction of sp³-hybridized carbons (Fsp3) is 0.478. The van der Waals surface area contributed by atoms with Crippen LogP contribution in [0.1, 0.15) is 42.4 Å². The number of benzene rings is 1. The molecule has 2 heterocycles. The molecule has 4 rings (SSSR count). The second-order valence-electron chi connectivity index (χ2n) is 8.08. The second-order valence-corrected chi connectivity index (χ2v) is 9.33. The maximum atomic E-state index is 4.79. The maximum Gasteiger partial charge on any atom is 0.225 e. The van der Waals surface area contributed by atoms with Crippen LogP contribution in [0, 0.1) is 0 Å². The Kier molecular flexibility index (Phi) is 6.31. The van der Waals surface area contributed by atoms with E-state index in [9.17, 15) is 0 Å². The van der Waals surface area contributed by atoms with E-state index in [1.54, 1.807) is 0 Å². The Morgan fingerprint density at radius 3 is 2.41 bits per heavy atom. The van der Waals surface area contributed by atoms with Gasteiger partial charge in [0.1, 0.15) is 5.82 Å². The number of aryl methyl sites for hydroxylation is 1. The summed E-state index contributed by atoms with van der Waals surface area (Å²) in [5.74, 6) is 1.71. The van der Waals surface area contributed by atoms with Gasteiger partial charge < -0.3 is 15.5 Å². The molecule has 0 radical (unpaired) electrons. The zero-order chi connectivity index (χ0) is 20.2. The van der Waals surface area contributed by atoms with E-state index in [1.165, 1.54) is 22.6 Å². The molecule has 29 heavy (non-hydrogen) atoms. The molecule has 0 saturated heterocycles. The smallest absolute Gasteiger partial charge is 0.225 e. The number of fused-ring (bicyclic) bond motifs is 1. The number of rotatable bonds is 7. The normalized spacial score (nSPS) is 19.4. The molecule has 6 heteroatoms. The van der Waals surface area contributed by atoms with Crippen molar-refractivity contribution in [3.05, 3.63) is 46.2 Å². The van der Waals surface area contributed by atoms with Gasteiger partial charge in [0.2, 0.25) is 5.95 Å². The van der Waals surface area contributed by atoms with Crippen LogP contribution in [0.5, 0.6) is 0 Å². The summed E-state index contributed by atoms with van der Waals surface area (Å²) in [6, 6.07) is 13.8. The molecule has 0 aliphatic heterocycles. The van der Waals surface area contributed by atoms with Crippen molar-refractivity contribution in [3.8, 4) is 0 Å². The van der Waals surface area contributed by atoms with Crippen LogP contribution in [0.15, 0.2) is 36.4 Å². The summed E-state index contributed by atoms with van der Waals surface area (Å²) in [5, 5.41) is 8.44. The predicted octanol–water partition coefficient (Wildman–Crippen LogP) is 4.83. The molecule has 1 fully saturated rings. The molecule has 0 amide bonds. The van der Waals surface area contributed by atoms with Gasteiger partial charge in [0.25, 0.3) is 0 Å². The minimum atomic E-state index is 0.442. The van der Waals surface area contributed by atoms with Gasteiger partial charge in [-0.2, -0.15) is 4.98 Å². The molecule has 0 atom stereocenters. The van der Waals surface area contributed by atoms with Gasteiger partial charge >= 0.3 is 0 Å².